The Kier molecular flexibility index (Phi) is 3.05. The zero-order valence-electron chi connectivity index (χ0n) is 9.22. The van der Waals surface area contributed by atoms with E-state index in [0.717, 1.165) is 0 Å². The molecule has 0 aliphatic carbocycles. The molecular formula is C9H19BO3. The van der Waals surface area contributed by atoms with Crippen LogP contribution in [0.25, 0.3) is 0 Å². The maximum absolute atomic E-state index is 5.68. The number of hydrogen-bond donors (Lipinski definition) is 0. The molecule has 1 aliphatic heterocycles. The first-order valence-corrected chi connectivity index (χ1v) is 4.80. The molecule has 1 saturated heterocycles. The Morgan fingerprint density at radius 3 is 2.38 bits per heavy atom. The normalized spacial score (nSPS) is 26.1. The van der Waals surface area contributed by atoms with Crippen LogP contribution in [0, 0.1) is 5.41 Å². The summed E-state index contributed by atoms with van der Waals surface area (Å²) in [5.41, 5.74) is -0.175. The van der Waals surface area contributed by atoms with Gasteiger partial charge in [-0.3, -0.25) is 0 Å². The molecule has 0 atom stereocenters. The molecule has 0 bridgehead atoms. The molecule has 13 heavy (non-hydrogen) atoms. The van der Waals surface area contributed by atoms with Gasteiger partial charge in [0.05, 0.1) is 5.60 Å². The zero-order valence-corrected chi connectivity index (χ0v) is 9.22. The van der Waals surface area contributed by atoms with Crippen LogP contribution in [0.5, 0.6) is 0 Å². The van der Waals surface area contributed by atoms with Crippen LogP contribution in [0.2, 0.25) is 0 Å². The molecule has 0 radical (unpaired) electrons. The molecule has 0 unspecified atom stereocenters. The van der Waals surface area contributed by atoms with Crippen molar-refractivity contribution in [2.24, 2.45) is 5.41 Å². The molecule has 0 aromatic carbocycles. The second-order valence-corrected chi connectivity index (χ2v) is 4.57. The Morgan fingerprint density at radius 2 is 1.92 bits per heavy atom. The minimum atomic E-state index is -0.493. The van der Waals surface area contributed by atoms with Crippen LogP contribution in [0.3, 0.4) is 0 Å². The predicted octanol–water partition coefficient (Wildman–Crippen LogP) is 1.86. The molecule has 0 amide bonds. The molecular weight excluding hydrogens is 167 g/mol. The summed E-state index contributed by atoms with van der Waals surface area (Å²) in [5.74, 6) is 0. The lowest BCUT2D eigenvalue weighted by atomic mass is 9.75. The molecule has 0 saturated carbocycles. The first kappa shape index (κ1) is 11.0. The molecule has 0 aromatic heterocycles. The van der Waals surface area contributed by atoms with Crippen LogP contribution >= 0.6 is 0 Å². The van der Waals surface area contributed by atoms with Crippen molar-refractivity contribution in [1.82, 2.24) is 0 Å². The first-order chi connectivity index (χ1) is 5.89. The molecule has 1 rings (SSSR count). The van der Waals surface area contributed by atoms with Gasteiger partial charge in [-0.1, -0.05) is 13.8 Å². The fraction of sp³-hybridized carbons (Fsp3) is 1.00. The third kappa shape index (κ3) is 2.24. The van der Waals surface area contributed by atoms with Crippen molar-refractivity contribution in [3.63, 3.8) is 0 Å². The van der Waals surface area contributed by atoms with E-state index in [1.54, 1.807) is 0 Å². The van der Waals surface area contributed by atoms with Crippen molar-refractivity contribution in [2.45, 2.75) is 40.2 Å². The van der Waals surface area contributed by atoms with Gasteiger partial charge in [0.1, 0.15) is 0 Å². The average Bonchev–Trinajstić information content (AvgIpc) is 1.98. The minimum absolute atomic E-state index is 0.0284. The molecule has 1 heterocycles. The molecule has 0 N–H and O–H groups in total. The summed E-state index contributed by atoms with van der Waals surface area (Å²) >= 11 is 0. The quantitative estimate of drug-likeness (QED) is 0.616. The predicted molar refractivity (Wildman–Crippen MR) is 52.3 cm³/mol. The first-order valence-electron chi connectivity index (χ1n) is 4.80. The van der Waals surface area contributed by atoms with Crippen LogP contribution in [-0.4, -0.2) is 26.1 Å². The Hall–Kier alpha value is -0.0551. The summed E-state index contributed by atoms with van der Waals surface area (Å²) < 4.78 is 16.4. The molecule has 0 aromatic rings. The fourth-order valence-corrected chi connectivity index (χ4v) is 1.10. The standard InChI is InChI=1S/C9H19BO3/c1-6-11-10-12-7-8(2,3)9(4,5)13-10/h6-7H2,1-5H3. The molecule has 3 nitrogen and oxygen atoms in total. The third-order valence-electron chi connectivity index (χ3n) is 2.90. The van der Waals surface area contributed by atoms with Crippen molar-refractivity contribution < 1.29 is 14.0 Å². The van der Waals surface area contributed by atoms with Gasteiger partial charge in [0.25, 0.3) is 0 Å². The van der Waals surface area contributed by atoms with E-state index in [1.807, 2.05) is 6.92 Å². The maximum Gasteiger partial charge on any atom is 0.639 e. The Labute approximate surface area is 80.9 Å². The summed E-state index contributed by atoms with van der Waals surface area (Å²) in [4.78, 5) is 0. The van der Waals surface area contributed by atoms with Crippen molar-refractivity contribution in [2.75, 3.05) is 13.2 Å². The van der Waals surface area contributed by atoms with Crippen LogP contribution in [-0.2, 0) is 14.0 Å². The summed E-state index contributed by atoms with van der Waals surface area (Å²) in [7, 11) is -0.493. The van der Waals surface area contributed by atoms with Crippen molar-refractivity contribution in [3.05, 3.63) is 0 Å². The van der Waals surface area contributed by atoms with Crippen LogP contribution in [0.4, 0.5) is 0 Å². The van der Waals surface area contributed by atoms with Gasteiger partial charge in [-0.25, -0.2) is 0 Å². The van der Waals surface area contributed by atoms with E-state index < -0.39 is 7.32 Å². The van der Waals surface area contributed by atoms with Gasteiger partial charge in [0.2, 0.25) is 0 Å². The van der Waals surface area contributed by atoms with Crippen LogP contribution < -0.4 is 0 Å². The summed E-state index contributed by atoms with van der Waals surface area (Å²) in [6, 6.07) is 0. The van der Waals surface area contributed by atoms with E-state index in [2.05, 4.69) is 27.7 Å². The third-order valence-corrected chi connectivity index (χ3v) is 2.90. The molecule has 1 fully saturated rings. The number of rotatable bonds is 2. The van der Waals surface area contributed by atoms with Gasteiger partial charge >= 0.3 is 7.32 Å². The minimum Gasteiger partial charge on any atom is -0.386 e. The summed E-state index contributed by atoms with van der Waals surface area (Å²) in [6.45, 7) is 11.6. The van der Waals surface area contributed by atoms with Gasteiger partial charge in [-0.2, -0.15) is 0 Å². The van der Waals surface area contributed by atoms with Gasteiger partial charge < -0.3 is 14.0 Å². The van der Waals surface area contributed by atoms with Gasteiger partial charge in [-0.05, 0) is 20.8 Å². The lowest BCUT2D eigenvalue weighted by Gasteiger charge is -2.46. The second-order valence-electron chi connectivity index (χ2n) is 4.57. The van der Waals surface area contributed by atoms with Gasteiger partial charge in [0.15, 0.2) is 0 Å². The molecule has 0 spiro atoms. The van der Waals surface area contributed by atoms with Crippen molar-refractivity contribution in [1.29, 1.82) is 0 Å². The lowest BCUT2D eigenvalue weighted by molar-refractivity contribution is -0.124. The van der Waals surface area contributed by atoms with E-state index in [-0.39, 0.29) is 11.0 Å². The highest BCUT2D eigenvalue weighted by atomic mass is 16.7. The molecule has 4 heteroatoms. The highest BCUT2D eigenvalue weighted by molar-refractivity contribution is 6.36. The lowest BCUT2D eigenvalue weighted by Crippen LogP contribution is -2.55. The summed E-state index contributed by atoms with van der Waals surface area (Å²) in [6.07, 6.45) is 0. The van der Waals surface area contributed by atoms with E-state index in [0.29, 0.717) is 13.2 Å². The SMILES string of the molecule is CCOB1OCC(C)(C)C(C)(C)O1. The highest BCUT2D eigenvalue weighted by Crippen LogP contribution is 2.38. The molecule has 76 valence electrons. The fourth-order valence-electron chi connectivity index (χ4n) is 1.10. The molecule has 1 aliphatic rings. The monoisotopic (exact) mass is 186 g/mol. The van der Waals surface area contributed by atoms with Gasteiger partial charge in [-0.15, -0.1) is 0 Å². The Morgan fingerprint density at radius 1 is 1.31 bits per heavy atom. The van der Waals surface area contributed by atoms with Crippen LogP contribution in [0.15, 0.2) is 0 Å². The largest absolute Gasteiger partial charge is 0.639 e. The average molecular weight is 186 g/mol. The number of hydrogen-bond acceptors (Lipinski definition) is 3. The van der Waals surface area contributed by atoms with Crippen molar-refractivity contribution in [3.8, 4) is 0 Å². The van der Waals surface area contributed by atoms with Crippen LogP contribution in [0.1, 0.15) is 34.6 Å². The second kappa shape index (κ2) is 3.60. The Balaban J connectivity index is 2.59. The van der Waals surface area contributed by atoms with E-state index in [9.17, 15) is 0 Å². The topological polar surface area (TPSA) is 27.7 Å². The van der Waals surface area contributed by atoms with E-state index in [1.165, 1.54) is 0 Å². The van der Waals surface area contributed by atoms with E-state index >= 15 is 0 Å². The maximum atomic E-state index is 5.68. The zero-order chi connectivity index (χ0) is 10.1. The highest BCUT2D eigenvalue weighted by Gasteiger charge is 2.47. The smallest absolute Gasteiger partial charge is 0.386 e. The van der Waals surface area contributed by atoms with E-state index in [4.69, 9.17) is 14.0 Å². The van der Waals surface area contributed by atoms with Gasteiger partial charge in [0, 0.05) is 18.6 Å². The van der Waals surface area contributed by atoms with Crippen molar-refractivity contribution >= 4 is 7.32 Å². The summed E-state index contributed by atoms with van der Waals surface area (Å²) in [5, 5.41) is 0. The Bertz CT molecular complexity index is 180.